The van der Waals surface area contributed by atoms with Crippen molar-refractivity contribution in [3.8, 4) is 0 Å². The molecule has 0 spiro atoms. The first-order chi connectivity index (χ1) is 7.76. The largest absolute Gasteiger partial charge is 0.380 e. The van der Waals surface area contributed by atoms with Gasteiger partial charge in [0.1, 0.15) is 0 Å². The zero-order valence-electron chi connectivity index (χ0n) is 9.94. The number of carbonyl (C=O) groups is 1. The van der Waals surface area contributed by atoms with E-state index in [4.69, 9.17) is 10.5 Å². The number of methoxy groups -OCH3 is 1. The van der Waals surface area contributed by atoms with Gasteiger partial charge in [0.25, 0.3) is 0 Å². The summed E-state index contributed by atoms with van der Waals surface area (Å²) in [6.07, 6.45) is 0.373. The summed E-state index contributed by atoms with van der Waals surface area (Å²) in [4.78, 5) is 11.2. The molecular formula is C12H19ClN2O2. The summed E-state index contributed by atoms with van der Waals surface area (Å²) in [5.41, 5.74) is 7.46. The van der Waals surface area contributed by atoms with Crippen LogP contribution >= 0.6 is 12.4 Å². The maximum atomic E-state index is 11.2. The average molecular weight is 259 g/mol. The SMILES string of the molecule is COCc1cccc(CNC(=O)CCN)c1.Cl. The van der Waals surface area contributed by atoms with Gasteiger partial charge in [0, 0.05) is 26.6 Å². The monoisotopic (exact) mass is 258 g/mol. The van der Waals surface area contributed by atoms with E-state index in [-0.39, 0.29) is 18.3 Å². The second-order valence-corrected chi connectivity index (χ2v) is 3.57. The minimum absolute atomic E-state index is 0. The van der Waals surface area contributed by atoms with Gasteiger partial charge in [-0.05, 0) is 11.1 Å². The van der Waals surface area contributed by atoms with Gasteiger partial charge in [0.2, 0.25) is 5.91 Å². The number of ether oxygens (including phenoxy) is 1. The van der Waals surface area contributed by atoms with Crippen LogP contribution in [0.3, 0.4) is 0 Å². The van der Waals surface area contributed by atoms with Crippen LogP contribution < -0.4 is 11.1 Å². The van der Waals surface area contributed by atoms with Gasteiger partial charge in [0.15, 0.2) is 0 Å². The molecule has 0 atom stereocenters. The Morgan fingerprint density at radius 1 is 1.41 bits per heavy atom. The van der Waals surface area contributed by atoms with E-state index in [1.165, 1.54) is 0 Å². The van der Waals surface area contributed by atoms with Crippen LogP contribution in [0.25, 0.3) is 0 Å². The first-order valence-corrected chi connectivity index (χ1v) is 5.29. The van der Waals surface area contributed by atoms with Crippen molar-refractivity contribution in [2.45, 2.75) is 19.6 Å². The summed E-state index contributed by atoms with van der Waals surface area (Å²) in [7, 11) is 1.66. The normalized spacial score (nSPS) is 9.53. The number of halogens is 1. The predicted molar refractivity (Wildman–Crippen MR) is 69.9 cm³/mol. The second-order valence-electron chi connectivity index (χ2n) is 3.57. The van der Waals surface area contributed by atoms with E-state index in [9.17, 15) is 4.79 Å². The molecule has 0 fully saturated rings. The number of carbonyl (C=O) groups excluding carboxylic acids is 1. The highest BCUT2D eigenvalue weighted by molar-refractivity contribution is 5.85. The molecule has 0 aliphatic rings. The average Bonchev–Trinajstić information content (AvgIpc) is 2.28. The Balaban J connectivity index is 0.00000256. The number of nitrogens with one attached hydrogen (secondary N) is 1. The van der Waals surface area contributed by atoms with Gasteiger partial charge >= 0.3 is 0 Å². The fraction of sp³-hybridized carbons (Fsp3) is 0.417. The molecule has 0 bridgehead atoms. The fourth-order valence-corrected chi connectivity index (χ4v) is 1.42. The Hall–Kier alpha value is -1.10. The minimum atomic E-state index is -0.0142. The van der Waals surface area contributed by atoms with Gasteiger partial charge in [0.05, 0.1) is 6.61 Å². The molecule has 5 heteroatoms. The zero-order chi connectivity index (χ0) is 11.8. The highest BCUT2D eigenvalue weighted by atomic mass is 35.5. The van der Waals surface area contributed by atoms with Gasteiger partial charge in [-0.1, -0.05) is 24.3 Å². The van der Waals surface area contributed by atoms with Crippen molar-refractivity contribution in [2.75, 3.05) is 13.7 Å². The molecule has 1 aromatic rings. The van der Waals surface area contributed by atoms with Crippen LogP contribution in [-0.2, 0) is 22.7 Å². The van der Waals surface area contributed by atoms with Crippen LogP contribution in [0.15, 0.2) is 24.3 Å². The molecule has 0 aliphatic heterocycles. The Kier molecular flexibility index (Phi) is 8.40. The van der Waals surface area contributed by atoms with E-state index in [1.54, 1.807) is 7.11 Å². The molecule has 4 nitrogen and oxygen atoms in total. The van der Waals surface area contributed by atoms with Crippen molar-refractivity contribution >= 4 is 18.3 Å². The fourth-order valence-electron chi connectivity index (χ4n) is 1.42. The van der Waals surface area contributed by atoms with E-state index in [0.29, 0.717) is 26.1 Å². The summed E-state index contributed by atoms with van der Waals surface area (Å²) in [5.74, 6) is -0.0142. The zero-order valence-corrected chi connectivity index (χ0v) is 10.8. The molecule has 0 saturated carbocycles. The lowest BCUT2D eigenvalue weighted by atomic mass is 10.1. The third-order valence-corrected chi connectivity index (χ3v) is 2.16. The van der Waals surface area contributed by atoms with E-state index in [2.05, 4.69) is 5.32 Å². The van der Waals surface area contributed by atoms with Gasteiger partial charge in [-0.15, -0.1) is 12.4 Å². The number of amides is 1. The molecule has 1 rings (SSSR count). The van der Waals surface area contributed by atoms with Crippen LogP contribution in [0.4, 0.5) is 0 Å². The molecule has 0 aliphatic carbocycles. The maximum Gasteiger partial charge on any atom is 0.221 e. The lowest BCUT2D eigenvalue weighted by Crippen LogP contribution is -2.25. The second kappa shape index (κ2) is 8.98. The third kappa shape index (κ3) is 6.26. The first kappa shape index (κ1) is 15.9. The maximum absolute atomic E-state index is 11.2. The smallest absolute Gasteiger partial charge is 0.221 e. The van der Waals surface area contributed by atoms with Gasteiger partial charge < -0.3 is 15.8 Å². The standard InChI is InChI=1S/C12H18N2O2.ClH/c1-16-9-11-4-2-3-10(7-11)8-14-12(15)5-6-13;/h2-4,7H,5-6,8-9,13H2,1H3,(H,14,15);1H. The van der Waals surface area contributed by atoms with Crippen molar-refractivity contribution in [2.24, 2.45) is 5.73 Å². The Bertz CT molecular complexity index is 345. The minimum Gasteiger partial charge on any atom is -0.380 e. The Morgan fingerprint density at radius 3 is 2.76 bits per heavy atom. The van der Waals surface area contributed by atoms with Crippen LogP contribution in [0.5, 0.6) is 0 Å². The summed E-state index contributed by atoms with van der Waals surface area (Å²) in [6, 6.07) is 7.95. The number of rotatable bonds is 6. The quantitative estimate of drug-likeness (QED) is 0.806. The Morgan fingerprint density at radius 2 is 2.12 bits per heavy atom. The molecule has 1 aromatic carbocycles. The summed E-state index contributed by atoms with van der Waals surface area (Å²) >= 11 is 0. The molecule has 96 valence electrons. The number of nitrogens with two attached hydrogens (primary N) is 1. The van der Waals surface area contributed by atoms with Crippen LogP contribution in [0.2, 0.25) is 0 Å². The topological polar surface area (TPSA) is 64.3 Å². The molecule has 0 aromatic heterocycles. The van der Waals surface area contributed by atoms with Gasteiger partial charge in [-0.2, -0.15) is 0 Å². The molecule has 0 heterocycles. The summed E-state index contributed by atoms with van der Waals surface area (Å²) < 4.78 is 5.04. The van der Waals surface area contributed by atoms with E-state index >= 15 is 0 Å². The first-order valence-electron chi connectivity index (χ1n) is 5.29. The highest BCUT2D eigenvalue weighted by Gasteiger charge is 2.00. The van der Waals surface area contributed by atoms with Crippen molar-refractivity contribution in [3.05, 3.63) is 35.4 Å². The van der Waals surface area contributed by atoms with Crippen LogP contribution in [-0.4, -0.2) is 19.6 Å². The molecule has 0 saturated heterocycles. The number of benzene rings is 1. The van der Waals surface area contributed by atoms with E-state index in [0.717, 1.165) is 11.1 Å². The summed E-state index contributed by atoms with van der Waals surface area (Å²) in [6.45, 7) is 1.51. The van der Waals surface area contributed by atoms with Crippen LogP contribution in [0.1, 0.15) is 17.5 Å². The van der Waals surface area contributed by atoms with Gasteiger partial charge in [-0.3, -0.25) is 4.79 Å². The molecule has 1 amide bonds. The highest BCUT2D eigenvalue weighted by Crippen LogP contribution is 2.06. The van der Waals surface area contributed by atoms with Crippen LogP contribution in [0, 0.1) is 0 Å². The predicted octanol–water partition coefficient (Wildman–Crippen LogP) is 1.22. The molecule has 0 radical (unpaired) electrons. The molecule has 0 unspecified atom stereocenters. The molecular weight excluding hydrogens is 240 g/mol. The summed E-state index contributed by atoms with van der Waals surface area (Å²) in [5, 5.41) is 2.81. The number of hydrogen-bond acceptors (Lipinski definition) is 3. The molecule has 17 heavy (non-hydrogen) atoms. The third-order valence-electron chi connectivity index (χ3n) is 2.16. The van der Waals surface area contributed by atoms with Crippen molar-refractivity contribution in [1.82, 2.24) is 5.32 Å². The lowest BCUT2D eigenvalue weighted by Gasteiger charge is -2.06. The van der Waals surface area contributed by atoms with Crippen molar-refractivity contribution < 1.29 is 9.53 Å². The number of hydrogen-bond donors (Lipinski definition) is 2. The van der Waals surface area contributed by atoms with Crippen molar-refractivity contribution in [3.63, 3.8) is 0 Å². The molecule has 3 N–H and O–H groups in total. The van der Waals surface area contributed by atoms with Crippen molar-refractivity contribution in [1.29, 1.82) is 0 Å². The lowest BCUT2D eigenvalue weighted by molar-refractivity contribution is -0.121. The van der Waals surface area contributed by atoms with E-state index < -0.39 is 0 Å². The Labute approximate surface area is 108 Å². The van der Waals surface area contributed by atoms with E-state index in [1.807, 2.05) is 24.3 Å². The van der Waals surface area contributed by atoms with Gasteiger partial charge in [-0.25, -0.2) is 0 Å².